The first-order valence-electron chi connectivity index (χ1n) is 5.54. The molecule has 2 aromatic rings. The fraction of sp³-hybridized carbons (Fsp3) is 0.333. The molecule has 0 fully saturated rings. The van der Waals surface area contributed by atoms with Gasteiger partial charge in [-0.25, -0.2) is 4.98 Å². The second-order valence-electron chi connectivity index (χ2n) is 4.75. The first-order valence-corrected chi connectivity index (χ1v) is 6.36. The SMILES string of the molecule is Cc1nc2cc(NC(C)(C)C(N)=O)c(N)cc2s1. The van der Waals surface area contributed by atoms with Gasteiger partial charge in [0.05, 0.1) is 26.6 Å². The van der Waals surface area contributed by atoms with Gasteiger partial charge in [-0.1, -0.05) is 0 Å². The van der Waals surface area contributed by atoms with Gasteiger partial charge in [0.2, 0.25) is 5.91 Å². The highest BCUT2D eigenvalue weighted by Crippen LogP contribution is 2.31. The lowest BCUT2D eigenvalue weighted by Crippen LogP contribution is -2.45. The molecule has 0 unspecified atom stereocenters. The van der Waals surface area contributed by atoms with Crippen LogP contribution in [0, 0.1) is 6.92 Å². The normalized spacial score (nSPS) is 11.7. The molecule has 0 spiro atoms. The molecule has 0 atom stereocenters. The zero-order valence-electron chi connectivity index (χ0n) is 10.6. The molecule has 18 heavy (non-hydrogen) atoms. The smallest absolute Gasteiger partial charge is 0.242 e. The van der Waals surface area contributed by atoms with E-state index in [1.807, 2.05) is 19.1 Å². The number of primary amides is 1. The quantitative estimate of drug-likeness (QED) is 0.737. The minimum absolute atomic E-state index is 0.434. The van der Waals surface area contributed by atoms with Gasteiger partial charge in [0.1, 0.15) is 5.54 Å². The number of aryl methyl sites for hydroxylation is 1. The lowest BCUT2D eigenvalue weighted by atomic mass is 10.0. The highest BCUT2D eigenvalue weighted by molar-refractivity contribution is 7.18. The first kappa shape index (κ1) is 12.6. The summed E-state index contributed by atoms with van der Waals surface area (Å²) >= 11 is 1.59. The summed E-state index contributed by atoms with van der Waals surface area (Å²) in [6.07, 6.45) is 0. The molecule has 0 bridgehead atoms. The molecular weight excluding hydrogens is 248 g/mol. The second kappa shape index (κ2) is 4.13. The van der Waals surface area contributed by atoms with Crippen molar-refractivity contribution >= 4 is 38.8 Å². The summed E-state index contributed by atoms with van der Waals surface area (Å²) in [6, 6.07) is 3.71. The predicted octanol–water partition coefficient (Wildman–Crippen LogP) is 1.86. The molecular formula is C12H16N4OS. The zero-order valence-corrected chi connectivity index (χ0v) is 11.4. The first-order chi connectivity index (χ1) is 8.29. The molecule has 5 N–H and O–H groups in total. The monoisotopic (exact) mass is 264 g/mol. The van der Waals surface area contributed by atoms with Crippen LogP contribution in [0.15, 0.2) is 12.1 Å². The number of nitrogens with zero attached hydrogens (tertiary/aromatic N) is 1. The van der Waals surface area contributed by atoms with Crippen molar-refractivity contribution in [2.24, 2.45) is 5.73 Å². The zero-order chi connectivity index (χ0) is 13.5. The fourth-order valence-corrected chi connectivity index (χ4v) is 2.47. The summed E-state index contributed by atoms with van der Waals surface area (Å²) in [7, 11) is 0. The number of nitrogen functional groups attached to an aromatic ring is 1. The van der Waals surface area contributed by atoms with Crippen molar-refractivity contribution in [3.63, 3.8) is 0 Å². The van der Waals surface area contributed by atoms with E-state index in [0.29, 0.717) is 11.4 Å². The molecule has 0 saturated heterocycles. The topological polar surface area (TPSA) is 94.0 Å². The Hall–Kier alpha value is -1.82. The van der Waals surface area contributed by atoms with Crippen LogP contribution in [0.25, 0.3) is 10.2 Å². The van der Waals surface area contributed by atoms with Gasteiger partial charge >= 0.3 is 0 Å². The number of nitrogens with two attached hydrogens (primary N) is 2. The van der Waals surface area contributed by atoms with Crippen molar-refractivity contribution < 1.29 is 4.79 Å². The highest BCUT2D eigenvalue weighted by atomic mass is 32.1. The number of carbonyl (C=O) groups excluding carboxylic acids is 1. The average molecular weight is 264 g/mol. The Bertz CT molecular complexity index is 618. The van der Waals surface area contributed by atoms with Gasteiger partial charge in [0.25, 0.3) is 0 Å². The fourth-order valence-electron chi connectivity index (χ4n) is 1.61. The van der Waals surface area contributed by atoms with Crippen molar-refractivity contribution in [1.29, 1.82) is 0 Å². The van der Waals surface area contributed by atoms with E-state index >= 15 is 0 Å². The third-order valence-electron chi connectivity index (χ3n) is 2.73. The van der Waals surface area contributed by atoms with Crippen molar-refractivity contribution in [2.45, 2.75) is 26.3 Å². The Morgan fingerprint density at radius 3 is 2.72 bits per heavy atom. The second-order valence-corrected chi connectivity index (χ2v) is 5.99. The molecule has 0 saturated carbocycles. The Balaban J connectivity index is 2.45. The molecule has 1 heterocycles. The summed E-state index contributed by atoms with van der Waals surface area (Å²) in [6.45, 7) is 5.37. The Kier molecular flexibility index (Phi) is 2.90. The summed E-state index contributed by atoms with van der Waals surface area (Å²) in [4.78, 5) is 15.7. The van der Waals surface area contributed by atoms with E-state index in [0.717, 1.165) is 15.2 Å². The molecule has 5 nitrogen and oxygen atoms in total. The van der Waals surface area contributed by atoms with Crippen LogP contribution < -0.4 is 16.8 Å². The van der Waals surface area contributed by atoms with E-state index in [1.165, 1.54) is 0 Å². The lowest BCUT2D eigenvalue weighted by Gasteiger charge is -2.24. The molecule has 1 aromatic carbocycles. The molecule has 0 aliphatic heterocycles. The van der Waals surface area contributed by atoms with Crippen LogP contribution in [0.4, 0.5) is 11.4 Å². The van der Waals surface area contributed by atoms with Crippen molar-refractivity contribution in [3.8, 4) is 0 Å². The maximum absolute atomic E-state index is 11.3. The molecule has 0 aliphatic carbocycles. The average Bonchev–Trinajstić information content (AvgIpc) is 2.57. The van der Waals surface area contributed by atoms with Gasteiger partial charge in [-0.2, -0.15) is 0 Å². The maximum Gasteiger partial charge on any atom is 0.242 e. The van der Waals surface area contributed by atoms with Crippen LogP contribution >= 0.6 is 11.3 Å². The van der Waals surface area contributed by atoms with Crippen LogP contribution in [0.1, 0.15) is 18.9 Å². The summed E-state index contributed by atoms with van der Waals surface area (Å²) in [5.74, 6) is -0.434. The van der Waals surface area contributed by atoms with Gasteiger partial charge in [0, 0.05) is 0 Å². The summed E-state index contributed by atoms with van der Waals surface area (Å²) in [5, 5.41) is 4.03. The third-order valence-corrected chi connectivity index (χ3v) is 3.66. The number of thiazole rings is 1. The predicted molar refractivity (Wildman–Crippen MR) is 75.7 cm³/mol. The number of rotatable bonds is 3. The largest absolute Gasteiger partial charge is 0.397 e. The van der Waals surface area contributed by atoms with E-state index in [4.69, 9.17) is 11.5 Å². The summed E-state index contributed by atoms with van der Waals surface area (Å²) < 4.78 is 1.03. The molecule has 0 aliphatic rings. The number of benzene rings is 1. The van der Waals surface area contributed by atoms with Crippen molar-refractivity contribution in [2.75, 3.05) is 11.1 Å². The number of aromatic nitrogens is 1. The van der Waals surface area contributed by atoms with Crippen LogP contribution in [0.2, 0.25) is 0 Å². The third kappa shape index (κ3) is 2.24. The number of hydrogen-bond donors (Lipinski definition) is 3. The van der Waals surface area contributed by atoms with Crippen LogP contribution in [0.3, 0.4) is 0 Å². The minimum Gasteiger partial charge on any atom is -0.397 e. The van der Waals surface area contributed by atoms with E-state index < -0.39 is 11.4 Å². The molecule has 2 rings (SSSR count). The van der Waals surface area contributed by atoms with E-state index in [2.05, 4.69) is 10.3 Å². The van der Waals surface area contributed by atoms with Crippen LogP contribution in [-0.2, 0) is 4.79 Å². The van der Waals surface area contributed by atoms with E-state index in [9.17, 15) is 4.79 Å². The Labute approximate surface area is 109 Å². The number of fused-ring (bicyclic) bond motifs is 1. The van der Waals surface area contributed by atoms with Gasteiger partial charge in [-0.3, -0.25) is 4.79 Å². The molecule has 6 heteroatoms. The van der Waals surface area contributed by atoms with Crippen LogP contribution in [0.5, 0.6) is 0 Å². The van der Waals surface area contributed by atoms with Gasteiger partial charge in [0.15, 0.2) is 0 Å². The Morgan fingerprint density at radius 1 is 1.44 bits per heavy atom. The van der Waals surface area contributed by atoms with E-state index in [-0.39, 0.29) is 0 Å². The van der Waals surface area contributed by atoms with E-state index in [1.54, 1.807) is 25.2 Å². The Morgan fingerprint density at radius 2 is 2.11 bits per heavy atom. The number of carbonyl (C=O) groups is 1. The van der Waals surface area contributed by atoms with Gasteiger partial charge < -0.3 is 16.8 Å². The van der Waals surface area contributed by atoms with Gasteiger partial charge in [-0.15, -0.1) is 11.3 Å². The van der Waals surface area contributed by atoms with Crippen molar-refractivity contribution in [1.82, 2.24) is 4.98 Å². The molecule has 96 valence electrons. The maximum atomic E-state index is 11.3. The molecule has 1 aromatic heterocycles. The number of amides is 1. The molecule has 0 radical (unpaired) electrons. The van der Waals surface area contributed by atoms with Crippen molar-refractivity contribution in [3.05, 3.63) is 17.1 Å². The number of hydrogen-bond acceptors (Lipinski definition) is 5. The highest BCUT2D eigenvalue weighted by Gasteiger charge is 2.25. The molecule has 1 amide bonds. The number of anilines is 2. The minimum atomic E-state index is -0.854. The lowest BCUT2D eigenvalue weighted by molar-refractivity contribution is -0.121. The standard InChI is InChI=1S/C12H16N4OS/c1-6-15-9-5-8(7(13)4-10(9)18-6)16-12(2,3)11(14)17/h4-5,16H,13H2,1-3H3,(H2,14,17). The van der Waals surface area contributed by atoms with Crippen LogP contribution in [-0.4, -0.2) is 16.4 Å². The number of nitrogens with one attached hydrogen (secondary N) is 1. The summed E-state index contributed by atoms with van der Waals surface area (Å²) in [5.41, 5.74) is 12.6. The van der Waals surface area contributed by atoms with Gasteiger partial charge in [-0.05, 0) is 32.9 Å².